The van der Waals surface area contributed by atoms with Crippen LogP contribution in [0, 0.1) is 0 Å². The molecule has 1 aliphatic rings. The van der Waals surface area contributed by atoms with E-state index in [4.69, 9.17) is 13.4 Å². The number of carbonyl (C=O) groups is 2. The standard InChI is InChI=1S/C23H29N9O7S/c1-24-22(33)19-16(12-17(28-29-19)26-23(34)38-3)25-15-7-5-6-14(20(15)37-2)21-27-18(39-30-21)13-31-8-10-32(11-9-31)40(4,35)36/h5-7,12H,8-11,13H2,1-4H3,(H,24,33)(H2,25,26,28,34)/i1D3. The molecule has 1 saturated heterocycles. The second kappa shape index (κ2) is 12.2. The molecule has 3 heterocycles. The number of nitrogens with one attached hydrogen (secondary N) is 3. The van der Waals surface area contributed by atoms with Crippen LogP contribution in [0.25, 0.3) is 11.4 Å². The molecule has 0 radical (unpaired) electrons. The first-order valence-corrected chi connectivity index (χ1v) is 13.6. The van der Waals surface area contributed by atoms with E-state index in [2.05, 4.69) is 35.7 Å². The minimum Gasteiger partial charge on any atom is -0.494 e. The number of anilines is 3. The molecule has 4 rings (SSSR count). The van der Waals surface area contributed by atoms with Gasteiger partial charge in [-0.3, -0.25) is 15.0 Å². The first kappa shape index (κ1) is 24.7. The van der Waals surface area contributed by atoms with Gasteiger partial charge in [0.2, 0.25) is 21.7 Å². The van der Waals surface area contributed by atoms with Crippen LogP contribution in [0.4, 0.5) is 22.0 Å². The van der Waals surface area contributed by atoms with E-state index in [1.807, 2.05) is 10.2 Å². The fourth-order valence-corrected chi connectivity index (χ4v) is 4.77. The maximum atomic E-state index is 12.7. The van der Waals surface area contributed by atoms with Crippen molar-refractivity contribution in [1.82, 2.24) is 34.9 Å². The molecule has 1 aromatic carbocycles. The number of hydrogen-bond acceptors (Lipinski definition) is 13. The number of ether oxygens (including phenoxy) is 2. The van der Waals surface area contributed by atoms with Gasteiger partial charge in [0.05, 0.1) is 44.0 Å². The van der Waals surface area contributed by atoms with Gasteiger partial charge in [-0.1, -0.05) is 11.2 Å². The number of rotatable bonds is 9. The van der Waals surface area contributed by atoms with Gasteiger partial charge in [-0.25, -0.2) is 13.2 Å². The Kier molecular flexibility index (Phi) is 7.54. The Hall–Kier alpha value is -4.35. The molecule has 3 aromatic rings. The Morgan fingerprint density at radius 3 is 2.60 bits per heavy atom. The van der Waals surface area contributed by atoms with Crippen molar-refractivity contribution in [3.8, 4) is 17.1 Å². The van der Waals surface area contributed by atoms with E-state index >= 15 is 0 Å². The summed E-state index contributed by atoms with van der Waals surface area (Å²) >= 11 is 0. The smallest absolute Gasteiger partial charge is 0.412 e. The third kappa shape index (κ3) is 6.61. The average molecular weight is 579 g/mol. The van der Waals surface area contributed by atoms with Crippen LogP contribution in [-0.2, 0) is 21.3 Å². The molecule has 40 heavy (non-hydrogen) atoms. The maximum absolute atomic E-state index is 12.7. The molecule has 17 heteroatoms. The van der Waals surface area contributed by atoms with Gasteiger partial charge < -0.3 is 24.6 Å². The van der Waals surface area contributed by atoms with Crippen LogP contribution in [0.2, 0.25) is 0 Å². The maximum Gasteiger partial charge on any atom is 0.412 e. The number of methoxy groups -OCH3 is 2. The lowest BCUT2D eigenvalue weighted by atomic mass is 10.1. The van der Waals surface area contributed by atoms with Crippen molar-refractivity contribution in [3.05, 3.63) is 35.9 Å². The average Bonchev–Trinajstić information content (AvgIpc) is 3.40. The third-order valence-corrected chi connectivity index (χ3v) is 7.20. The lowest BCUT2D eigenvalue weighted by molar-refractivity contribution is 0.0958. The van der Waals surface area contributed by atoms with E-state index in [0.29, 0.717) is 49.9 Å². The molecule has 0 atom stereocenters. The van der Waals surface area contributed by atoms with Crippen LogP contribution in [0.5, 0.6) is 5.75 Å². The molecule has 1 fully saturated rings. The van der Waals surface area contributed by atoms with Crippen LogP contribution >= 0.6 is 0 Å². The lowest BCUT2D eigenvalue weighted by Gasteiger charge is -2.32. The number of carbonyl (C=O) groups excluding carboxylic acids is 2. The highest BCUT2D eigenvalue weighted by Crippen LogP contribution is 2.37. The van der Waals surface area contributed by atoms with Crippen molar-refractivity contribution in [2.45, 2.75) is 6.54 Å². The molecule has 2 amide bonds. The molecule has 0 aliphatic carbocycles. The van der Waals surface area contributed by atoms with Crippen molar-refractivity contribution >= 4 is 39.2 Å². The third-order valence-electron chi connectivity index (χ3n) is 5.89. The lowest BCUT2D eigenvalue weighted by Crippen LogP contribution is -2.47. The molecule has 214 valence electrons. The summed E-state index contributed by atoms with van der Waals surface area (Å²) < 4.78 is 62.7. The van der Waals surface area contributed by atoms with Crippen LogP contribution in [0.1, 0.15) is 20.5 Å². The van der Waals surface area contributed by atoms with Crippen LogP contribution in [0.15, 0.2) is 28.8 Å². The van der Waals surface area contributed by atoms with E-state index in [-0.39, 0.29) is 28.8 Å². The van der Waals surface area contributed by atoms with Gasteiger partial charge in [0.15, 0.2) is 17.3 Å². The molecule has 3 N–H and O–H groups in total. The first-order valence-electron chi connectivity index (χ1n) is 13.3. The molecule has 16 nitrogen and oxygen atoms in total. The minimum atomic E-state index is -3.26. The Balaban J connectivity index is 1.59. The number of hydrogen-bond donors (Lipinski definition) is 3. The normalized spacial score (nSPS) is 15.8. The Morgan fingerprint density at radius 1 is 1.15 bits per heavy atom. The zero-order valence-electron chi connectivity index (χ0n) is 24.8. The van der Waals surface area contributed by atoms with Gasteiger partial charge >= 0.3 is 6.09 Å². The quantitative estimate of drug-likeness (QED) is 0.324. The topological polar surface area (TPSA) is 194 Å². The van der Waals surface area contributed by atoms with Crippen LogP contribution in [-0.4, -0.2) is 104 Å². The zero-order chi connectivity index (χ0) is 31.4. The van der Waals surface area contributed by atoms with Crippen molar-refractivity contribution in [1.29, 1.82) is 0 Å². The highest BCUT2D eigenvalue weighted by molar-refractivity contribution is 7.88. The molecule has 0 bridgehead atoms. The highest BCUT2D eigenvalue weighted by Gasteiger charge is 2.25. The summed E-state index contributed by atoms with van der Waals surface area (Å²) in [6.45, 7) is -0.779. The number of amides is 2. The van der Waals surface area contributed by atoms with Gasteiger partial charge in [-0.2, -0.15) is 9.29 Å². The van der Waals surface area contributed by atoms with Gasteiger partial charge in [0, 0.05) is 43.3 Å². The summed E-state index contributed by atoms with van der Waals surface area (Å²) in [7, 11) is -0.699. The van der Waals surface area contributed by atoms with Gasteiger partial charge in [0.25, 0.3) is 5.91 Å². The minimum absolute atomic E-state index is 0.0133. The zero-order valence-corrected chi connectivity index (χ0v) is 22.6. The molecular weight excluding hydrogens is 546 g/mol. The predicted molar refractivity (Wildman–Crippen MR) is 143 cm³/mol. The van der Waals surface area contributed by atoms with E-state index in [1.54, 1.807) is 18.2 Å². The number of piperazine rings is 1. The van der Waals surface area contributed by atoms with Crippen molar-refractivity contribution in [2.24, 2.45) is 0 Å². The number of nitrogens with zero attached hydrogens (tertiary/aromatic N) is 6. The number of sulfonamides is 1. The van der Waals surface area contributed by atoms with Crippen LogP contribution in [0.3, 0.4) is 0 Å². The van der Waals surface area contributed by atoms with Crippen molar-refractivity contribution in [2.75, 3.05) is 64.3 Å². The number of aromatic nitrogens is 4. The highest BCUT2D eigenvalue weighted by atomic mass is 32.2. The fraction of sp³-hybridized carbons (Fsp3) is 0.391. The SMILES string of the molecule is [2H]C([2H])([2H])NC(=O)c1nnc(NC(=O)OC)cc1Nc1cccc(-c2noc(CN3CCN(S(C)(=O)=O)CC3)n2)c1OC. The van der Waals surface area contributed by atoms with Crippen molar-refractivity contribution < 1.29 is 36.1 Å². The Bertz CT molecular complexity index is 1590. The summed E-state index contributed by atoms with van der Waals surface area (Å²) in [6.07, 6.45) is 0.337. The Morgan fingerprint density at radius 2 is 1.93 bits per heavy atom. The van der Waals surface area contributed by atoms with Gasteiger partial charge in [-0.15, -0.1) is 10.2 Å². The molecule has 2 aromatic heterocycles. The molecule has 0 saturated carbocycles. The summed E-state index contributed by atoms with van der Waals surface area (Å²) in [5.41, 5.74) is 0.341. The molecule has 0 unspecified atom stereocenters. The summed E-state index contributed by atoms with van der Waals surface area (Å²) in [5.74, 6) is -0.377. The van der Waals surface area contributed by atoms with E-state index in [0.717, 1.165) is 7.11 Å². The van der Waals surface area contributed by atoms with Crippen molar-refractivity contribution in [3.63, 3.8) is 0 Å². The monoisotopic (exact) mass is 578 g/mol. The predicted octanol–water partition coefficient (Wildman–Crippen LogP) is 0.894. The first-order chi connectivity index (χ1) is 20.3. The summed E-state index contributed by atoms with van der Waals surface area (Å²) in [6, 6.07) is 6.22. The van der Waals surface area contributed by atoms with Crippen LogP contribution < -0.4 is 20.7 Å². The van der Waals surface area contributed by atoms with E-state index in [1.165, 1.54) is 23.7 Å². The summed E-state index contributed by atoms with van der Waals surface area (Å²) in [5, 5.41) is 18.8. The second-order valence-electron chi connectivity index (χ2n) is 8.52. The molecular formula is C23H29N9O7S. The largest absolute Gasteiger partial charge is 0.494 e. The molecule has 0 spiro atoms. The van der Waals surface area contributed by atoms with Gasteiger partial charge in [0.1, 0.15) is 0 Å². The summed E-state index contributed by atoms with van der Waals surface area (Å²) in [4.78, 5) is 30.9. The van der Waals surface area contributed by atoms with Gasteiger partial charge in [-0.05, 0) is 12.1 Å². The van der Waals surface area contributed by atoms with E-state index < -0.39 is 29.0 Å². The second-order valence-corrected chi connectivity index (χ2v) is 10.5. The number of para-hydroxylation sites is 1. The fourth-order valence-electron chi connectivity index (χ4n) is 3.95. The van der Waals surface area contributed by atoms with E-state index in [9.17, 15) is 18.0 Å². The Labute approximate surface area is 234 Å². The molecule has 1 aliphatic heterocycles. The number of benzene rings is 1.